The van der Waals surface area contributed by atoms with E-state index in [1.807, 2.05) is 0 Å². The lowest BCUT2D eigenvalue weighted by Gasteiger charge is -2.08. The molecule has 1 fully saturated rings. The topological polar surface area (TPSA) is 55.2 Å². The summed E-state index contributed by atoms with van der Waals surface area (Å²) in [6.07, 6.45) is 1.69. The third-order valence-corrected chi connectivity index (χ3v) is 2.92. The molecule has 0 amide bonds. The molecule has 1 heterocycles. The van der Waals surface area contributed by atoms with Crippen molar-refractivity contribution in [3.8, 4) is 0 Å². The highest BCUT2D eigenvalue weighted by Gasteiger charge is 2.18. The average Bonchev–Trinajstić information content (AvgIpc) is 2.73. The second-order valence-electron chi connectivity index (χ2n) is 4.10. The van der Waals surface area contributed by atoms with Gasteiger partial charge in [0.25, 0.3) is 5.69 Å². The van der Waals surface area contributed by atoms with Crippen LogP contribution in [-0.2, 0) is 6.42 Å². The van der Waals surface area contributed by atoms with Gasteiger partial charge < -0.3 is 5.32 Å². The first-order chi connectivity index (χ1) is 7.66. The van der Waals surface area contributed by atoms with Crippen LogP contribution in [0.15, 0.2) is 18.2 Å². The molecular weight excluding hydrogens is 211 g/mol. The van der Waals surface area contributed by atoms with Crippen molar-refractivity contribution in [1.82, 2.24) is 5.32 Å². The van der Waals surface area contributed by atoms with Crippen LogP contribution < -0.4 is 5.32 Å². The van der Waals surface area contributed by atoms with Crippen molar-refractivity contribution in [2.24, 2.45) is 5.92 Å². The molecule has 2 rings (SSSR count). The molecule has 1 aliphatic heterocycles. The molecule has 0 bridgehead atoms. The fourth-order valence-corrected chi connectivity index (χ4v) is 2.02. The summed E-state index contributed by atoms with van der Waals surface area (Å²) in [4.78, 5) is 9.86. The monoisotopic (exact) mass is 224 g/mol. The molecule has 1 aromatic rings. The highest BCUT2D eigenvalue weighted by molar-refractivity contribution is 5.34. The molecule has 0 aliphatic carbocycles. The van der Waals surface area contributed by atoms with E-state index in [9.17, 15) is 14.5 Å². The Bertz CT molecular complexity index is 403. The van der Waals surface area contributed by atoms with Crippen molar-refractivity contribution in [2.45, 2.75) is 12.8 Å². The summed E-state index contributed by atoms with van der Waals surface area (Å²) in [6, 6.07) is 3.88. The molecule has 1 atom stereocenters. The fraction of sp³-hybridized carbons (Fsp3) is 0.455. The SMILES string of the molecule is O=[N+]([O-])c1ccc(CC2CCNC2)c(F)c1. The van der Waals surface area contributed by atoms with Crippen molar-refractivity contribution in [2.75, 3.05) is 13.1 Å². The van der Waals surface area contributed by atoms with Crippen molar-refractivity contribution >= 4 is 5.69 Å². The Morgan fingerprint density at radius 1 is 1.56 bits per heavy atom. The third-order valence-electron chi connectivity index (χ3n) is 2.92. The van der Waals surface area contributed by atoms with E-state index in [1.54, 1.807) is 0 Å². The minimum atomic E-state index is -0.579. The zero-order valence-corrected chi connectivity index (χ0v) is 8.78. The zero-order valence-electron chi connectivity index (χ0n) is 8.78. The van der Waals surface area contributed by atoms with Gasteiger partial charge in [-0.2, -0.15) is 0 Å². The number of nitrogens with one attached hydrogen (secondary N) is 1. The smallest absolute Gasteiger partial charge is 0.272 e. The minimum Gasteiger partial charge on any atom is -0.316 e. The van der Waals surface area contributed by atoms with E-state index < -0.39 is 10.7 Å². The third kappa shape index (κ3) is 2.36. The van der Waals surface area contributed by atoms with Crippen molar-refractivity contribution in [1.29, 1.82) is 0 Å². The first-order valence-electron chi connectivity index (χ1n) is 5.30. The van der Waals surface area contributed by atoms with E-state index in [0.717, 1.165) is 25.6 Å². The summed E-state index contributed by atoms with van der Waals surface area (Å²) in [5.74, 6) is -0.0305. The maximum atomic E-state index is 13.5. The first kappa shape index (κ1) is 11.0. The zero-order chi connectivity index (χ0) is 11.5. The molecule has 1 aromatic carbocycles. The molecule has 1 aliphatic rings. The second-order valence-corrected chi connectivity index (χ2v) is 4.10. The largest absolute Gasteiger partial charge is 0.316 e. The van der Waals surface area contributed by atoms with Gasteiger partial charge in [-0.15, -0.1) is 0 Å². The lowest BCUT2D eigenvalue weighted by atomic mass is 9.98. The Kier molecular flexibility index (Phi) is 3.14. The molecule has 16 heavy (non-hydrogen) atoms. The molecule has 5 heteroatoms. The molecule has 0 radical (unpaired) electrons. The van der Waals surface area contributed by atoms with Gasteiger partial charge in [-0.05, 0) is 43.5 Å². The molecule has 4 nitrogen and oxygen atoms in total. The normalized spacial score (nSPS) is 19.9. The van der Waals surface area contributed by atoms with Crippen molar-refractivity contribution in [3.05, 3.63) is 39.7 Å². The van der Waals surface area contributed by atoms with Gasteiger partial charge in [0, 0.05) is 6.07 Å². The first-order valence-corrected chi connectivity index (χ1v) is 5.30. The highest BCUT2D eigenvalue weighted by atomic mass is 19.1. The van der Waals surface area contributed by atoms with Crippen LogP contribution in [-0.4, -0.2) is 18.0 Å². The number of nitro groups is 1. The molecule has 1 saturated heterocycles. The van der Waals surface area contributed by atoms with Crippen LogP contribution in [0.4, 0.5) is 10.1 Å². The van der Waals surface area contributed by atoms with E-state index in [1.165, 1.54) is 12.1 Å². The van der Waals surface area contributed by atoms with Crippen molar-refractivity contribution in [3.63, 3.8) is 0 Å². The molecule has 0 spiro atoms. The second kappa shape index (κ2) is 4.57. The quantitative estimate of drug-likeness (QED) is 0.630. The Labute approximate surface area is 92.6 Å². The summed E-state index contributed by atoms with van der Waals surface area (Å²) in [7, 11) is 0. The standard InChI is InChI=1S/C11H13FN2O2/c12-11-6-10(14(15)16)2-1-9(11)5-8-3-4-13-7-8/h1-2,6,8,13H,3-5,7H2. The number of non-ortho nitro benzene ring substituents is 1. The van der Waals surface area contributed by atoms with Gasteiger partial charge in [-0.3, -0.25) is 10.1 Å². The highest BCUT2D eigenvalue weighted by Crippen LogP contribution is 2.21. The summed E-state index contributed by atoms with van der Waals surface area (Å²) in [5, 5.41) is 13.6. The molecular formula is C11H13FN2O2. The number of benzene rings is 1. The van der Waals surface area contributed by atoms with Gasteiger partial charge in [0.15, 0.2) is 0 Å². The van der Waals surface area contributed by atoms with Gasteiger partial charge in [0.05, 0.1) is 11.0 Å². The van der Waals surface area contributed by atoms with Gasteiger partial charge in [-0.25, -0.2) is 4.39 Å². The Morgan fingerprint density at radius 3 is 2.94 bits per heavy atom. The number of nitrogens with zero attached hydrogens (tertiary/aromatic N) is 1. The number of nitro benzene ring substituents is 1. The summed E-state index contributed by atoms with van der Waals surface area (Å²) in [5.41, 5.74) is 0.380. The van der Waals surface area contributed by atoms with Gasteiger partial charge in [-0.1, -0.05) is 0 Å². The van der Waals surface area contributed by atoms with Crippen LogP contribution in [0.5, 0.6) is 0 Å². The number of hydrogen-bond donors (Lipinski definition) is 1. The Balaban J connectivity index is 2.12. The summed E-state index contributed by atoms with van der Waals surface area (Å²) >= 11 is 0. The van der Waals surface area contributed by atoms with E-state index in [4.69, 9.17) is 0 Å². The minimum absolute atomic E-state index is 0.189. The van der Waals surface area contributed by atoms with Crippen LogP contribution >= 0.6 is 0 Å². The molecule has 0 aromatic heterocycles. The number of halogens is 1. The van der Waals surface area contributed by atoms with E-state index in [0.29, 0.717) is 17.9 Å². The molecule has 1 N–H and O–H groups in total. The van der Waals surface area contributed by atoms with E-state index in [2.05, 4.69) is 5.32 Å². The average molecular weight is 224 g/mol. The Morgan fingerprint density at radius 2 is 2.38 bits per heavy atom. The van der Waals surface area contributed by atoms with Gasteiger partial charge >= 0.3 is 0 Å². The lowest BCUT2D eigenvalue weighted by Crippen LogP contribution is -2.11. The predicted octanol–water partition coefficient (Wildman–Crippen LogP) is 1.89. The van der Waals surface area contributed by atoms with E-state index in [-0.39, 0.29) is 5.69 Å². The van der Waals surface area contributed by atoms with Crippen LogP contribution in [0.2, 0.25) is 0 Å². The summed E-state index contributed by atoms with van der Waals surface area (Å²) in [6.45, 7) is 1.87. The van der Waals surface area contributed by atoms with Crippen LogP contribution in [0.3, 0.4) is 0 Å². The Hall–Kier alpha value is -1.49. The van der Waals surface area contributed by atoms with Gasteiger partial charge in [0.2, 0.25) is 0 Å². The predicted molar refractivity (Wildman–Crippen MR) is 57.7 cm³/mol. The number of hydrogen-bond acceptors (Lipinski definition) is 3. The van der Waals surface area contributed by atoms with Crippen molar-refractivity contribution < 1.29 is 9.31 Å². The summed E-state index contributed by atoms with van der Waals surface area (Å²) < 4.78 is 13.5. The molecule has 0 saturated carbocycles. The van der Waals surface area contributed by atoms with Gasteiger partial charge in [0.1, 0.15) is 5.82 Å². The van der Waals surface area contributed by atoms with Crippen LogP contribution in [0.1, 0.15) is 12.0 Å². The lowest BCUT2D eigenvalue weighted by molar-refractivity contribution is -0.385. The maximum absolute atomic E-state index is 13.5. The van der Waals surface area contributed by atoms with Crippen LogP contribution in [0, 0.1) is 21.8 Å². The van der Waals surface area contributed by atoms with Crippen LogP contribution in [0.25, 0.3) is 0 Å². The number of rotatable bonds is 3. The molecule has 1 unspecified atom stereocenters. The molecule has 86 valence electrons. The maximum Gasteiger partial charge on any atom is 0.272 e. The fourth-order valence-electron chi connectivity index (χ4n) is 2.02. The van der Waals surface area contributed by atoms with E-state index >= 15 is 0 Å².